The van der Waals surface area contributed by atoms with E-state index in [-0.39, 0.29) is 5.41 Å². The van der Waals surface area contributed by atoms with E-state index in [4.69, 9.17) is 4.74 Å². The Morgan fingerprint density at radius 3 is 2.56 bits per heavy atom. The van der Waals surface area contributed by atoms with Gasteiger partial charge in [-0.3, -0.25) is 0 Å². The van der Waals surface area contributed by atoms with Gasteiger partial charge in [0, 0.05) is 24.6 Å². The molecular weight excluding hydrogens is 198 g/mol. The normalized spacial score (nSPS) is 17.1. The summed E-state index contributed by atoms with van der Waals surface area (Å²) in [6.45, 7) is 12.0. The molecule has 1 aliphatic rings. The van der Waals surface area contributed by atoms with Crippen molar-refractivity contribution in [3.63, 3.8) is 0 Å². The molecule has 0 radical (unpaired) electrons. The Kier molecular flexibility index (Phi) is 5.77. The third-order valence-electron chi connectivity index (χ3n) is 3.01. The third-order valence-corrected chi connectivity index (χ3v) is 3.01. The molecule has 16 heavy (non-hydrogen) atoms. The minimum atomic E-state index is 0.278. The molecule has 0 aromatic heterocycles. The molecule has 1 aliphatic carbocycles. The third kappa shape index (κ3) is 7.24. The molecule has 96 valence electrons. The minimum Gasteiger partial charge on any atom is -0.381 e. The van der Waals surface area contributed by atoms with Crippen LogP contribution in [0.1, 0.15) is 53.4 Å². The highest BCUT2D eigenvalue weighted by molar-refractivity contribution is 4.83. The number of hydrogen-bond donors (Lipinski definition) is 1. The van der Waals surface area contributed by atoms with E-state index in [9.17, 15) is 0 Å². The van der Waals surface area contributed by atoms with E-state index in [0.717, 1.165) is 31.7 Å². The number of rotatable bonds is 9. The summed E-state index contributed by atoms with van der Waals surface area (Å²) in [6.07, 6.45) is 5.21. The summed E-state index contributed by atoms with van der Waals surface area (Å²) < 4.78 is 5.76. The zero-order valence-electron chi connectivity index (χ0n) is 11.5. The van der Waals surface area contributed by atoms with Crippen LogP contribution in [0.3, 0.4) is 0 Å². The first-order chi connectivity index (χ1) is 7.49. The highest BCUT2D eigenvalue weighted by Crippen LogP contribution is 2.22. The molecule has 0 amide bonds. The van der Waals surface area contributed by atoms with Crippen molar-refractivity contribution >= 4 is 0 Å². The largest absolute Gasteiger partial charge is 0.381 e. The predicted molar refractivity (Wildman–Crippen MR) is 69.7 cm³/mol. The average Bonchev–Trinajstić information content (AvgIpc) is 2.97. The van der Waals surface area contributed by atoms with Crippen LogP contribution in [0, 0.1) is 11.3 Å². The first-order valence-corrected chi connectivity index (χ1v) is 6.81. The molecule has 1 rings (SSSR count). The molecule has 0 spiro atoms. The zero-order chi connectivity index (χ0) is 12.0. The minimum absolute atomic E-state index is 0.278. The molecule has 1 saturated carbocycles. The second-order valence-corrected chi connectivity index (χ2v) is 6.41. The molecule has 0 aromatic carbocycles. The Balaban J connectivity index is 1.96. The van der Waals surface area contributed by atoms with Gasteiger partial charge in [0.1, 0.15) is 0 Å². The van der Waals surface area contributed by atoms with Gasteiger partial charge in [-0.2, -0.15) is 0 Å². The molecule has 1 fully saturated rings. The first-order valence-electron chi connectivity index (χ1n) is 6.81. The quantitative estimate of drug-likeness (QED) is 0.611. The molecule has 2 nitrogen and oxygen atoms in total. The van der Waals surface area contributed by atoms with E-state index in [1.165, 1.54) is 25.7 Å². The van der Waals surface area contributed by atoms with Crippen molar-refractivity contribution in [3.05, 3.63) is 0 Å². The van der Waals surface area contributed by atoms with E-state index in [0.29, 0.717) is 0 Å². The maximum atomic E-state index is 5.76. The summed E-state index contributed by atoms with van der Waals surface area (Å²) in [5.41, 5.74) is 0.278. The van der Waals surface area contributed by atoms with Crippen molar-refractivity contribution in [2.45, 2.75) is 59.4 Å². The van der Waals surface area contributed by atoms with E-state index in [1.807, 2.05) is 0 Å². The van der Waals surface area contributed by atoms with Gasteiger partial charge in [-0.15, -0.1) is 0 Å². The Morgan fingerprint density at radius 1 is 1.31 bits per heavy atom. The SMILES string of the molecule is CC(C)CCCOCC(C)(C)CNC1CC1. The maximum absolute atomic E-state index is 5.76. The summed E-state index contributed by atoms with van der Waals surface area (Å²) in [5.74, 6) is 0.799. The topological polar surface area (TPSA) is 21.3 Å². The van der Waals surface area contributed by atoms with Crippen molar-refractivity contribution in [1.29, 1.82) is 0 Å². The molecular formula is C14H29NO. The molecule has 0 atom stereocenters. The Hall–Kier alpha value is -0.0800. The Morgan fingerprint density at radius 2 is 2.00 bits per heavy atom. The van der Waals surface area contributed by atoms with Gasteiger partial charge in [0.15, 0.2) is 0 Å². The van der Waals surface area contributed by atoms with Crippen LogP contribution in [0.2, 0.25) is 0 Å². The highest BCUT2D eigenvalue weighted by Gasteiger charge is 2.25. The van der Waals surface area contributed by atoms with Crippen molar-refractivity contribution in [2.24, 2.45) is 11.3 Å². The first kappa shape index (κ1) is 14.0. The van der Waals surface area contributed by atoms with Gasteiger partial charge in [-0.05, 0) is 31.6 Å². The van der Waals surface area contributed by atoms with Gasteiger partial charge in [-0.1, -0.05) is 27.7 Å². The lowest BCUT2D eigenvalue weighted by Gasteiger charge is -2.25. The molecule has 0 heterocycles. The second-order valence-electron chi connectivity index (χ2n) is 6.41. The lowest BCUT2D eigenvalue weighted by atomic mass is 9.95. The van der Waals surface area contributed by atoms with Crippen LogP contribution in [0.25, 0.3) is 0 Å². The maximum Gasteiger partial charge on any atom is 0.0529 e. The molecule has 0 bridgehead atoms. The average molecular weight is 227 g/mol. The Labute approximate surface area is 101 Å². The molecule has 0 aliphatic heterocycles. The highest BCUT2D eigenvalue weighted by atomic mass is 16.5. The standard InChI is InChI=1S/C14H29NO/c1-12(2)6-5-9-16-11-14(3,4)10-15-13-7-8-13/h12-13,15H,5-11H2,1-4H3. The Bertz CT molecular complexity index is 185. The number of hydrogen-bond acceptors (Lipinski definition) is 2. The van der Waals surface area contributed by atoms with Crippen LogP contribution in [-0.4, -0.2) is 25.8 Å². The van der Waals surface area contributed by atoms with E-state index < -0.39 is 0 Å². The summed E-state index contributed by atoms with van der Waals surface area (Å²) >= 11 is 0. The lowest BCUT2D eigenvalue weighted by molar-refractivity contribution is 0.0585. The summed E-state index contributed by atoms with van der Waals surface area (Å²) in [5, 5.41) is 3.58. The van der Waals surface area contributed by atoms with Crippen molar-refractivity contribution in [2.75, 3.05) is 19.8 Å². The van der Waals surface area contributed by atoms with Gasteiger partial charge in [-0.25, -0.2) is 0 Å². The van der Waals surface area contributed by atoms with E-state index in [2.05, 4.69) is 33.0 Å². The number of ether oxygens (including phenoxy) is 1. The van der Waals surface area contributed by atoms with Crippen molar-refractivity contribution in [3.8, 4) is 0 Å². The monoisotopic (exact) mass is 227 g/mol. The van der Waals surface area contributed by atoms with E-state index in [1.54, 1.807) is 0 Å². The van der Waals surface area contributed by atoms with Gasteiger partial charge in [0.2, 0.25) is 0 Å². The second kappa shape index (κ2) is 6.61. The van der Waals surface area contributed by atoms with Crippen LogP contribution in [-0.2, 0) is 4.74 Å². The molecule has 2 heteroatoms. The molecule has 0 unspecified atom stereocenters. The fourth-order valence-corrected chi connectivity index (χ4v) is 1.70. The van der Waals surface area contributed by atoms with Gasteiger partial charge >= 0.3 is 0 Å². The number of nitrogens with one attached hydrogen (secondary N) is 1. The smallest absolute Gasteiger partial charge is 0.0529 e. The molecule has 0 aromatic rings. The fourth-order valence-electron chi connectivity index (χ4n) is 1.70. The van der Waals surface area contributed by atoms with Gasteiger partial charge in [0.05, 0.1) is 6.61 Å². The summed E-state index contributed by atoms with van der Waals surface area (Å²) in [7, 11) is 0. The summed E-state index contributed by atoms with van der Waals surface area (Å²) in [6, 6.07) is 0.806. The van der Waals surface area contributed by atoms with Crippen LogP contribution in [0.4, 0.5) is 0 Å². The van der Waals surface area contributed by atoms with Crippen LogP contribution < -0.4 is 5.32 Å². The van der Waals surface area contributed by atoms with Crippen LogP contribution in [0.15, 0.2) is 0 Å². The van der Waals surface area contributed by atoms with Crippen LogP contribution >= 0.6 is 0 Å². The lowest BCUT2D eigenvalue weighted by Crippen LogP contribution is -2.34. The van der Waals surface area contributed by atoms with Gasteiger partial charge < -0.3 is 10.1 Å². The zero-order valence-corrected chi connectivity index (χ0v) is 11.5. The van der Waals surface area contributed by atoms with Crippen molar-refractivity contribution < 1.29 is 4.74 Å². The van der Waals surface area contributed by atoms with Gasteiger partial charge in [0.25, 0.3) is 0 Å². The van der Waals surface area contributed by atoms with E-state index >= 15 is 0 Å². The molecule has 1 N–H and O–H groups in total. The molecule has 0 saturated heterocycles. The van der Waals surface area contributed by atoms with Crippen molar-refractivity contribution in [1.82, 2.24) is 5.32 Å². The van der Waals surface area contributed by atoms with Crippen LogP contribution in [0.5, 0.6) is 0 Å². The fraction of sp³-hybridized carbons (Fsp3) is 1.00. The summed E-state index contributed by atoms with van der Waals surface area (Å²) in [4.78, 5) is 0. The predicted octanol–water partition coefficient (Wildman–Crippen LogP) is 3.22.